The maximum Gasteiger partial charge on any atom is 0.246 e. The van der Waals surface area contributed by atoms with E-state index in [-0.39, 0.29) is 18.4 Å². The molecule has 1 aromatic carbocycles. The summed E-state index contributed by atoms with van der Waals surface area (Å²) < 4.78 is 1.36. The van der Waals surface area contributed by atoms with E-state index in [2.05, 4.69) is 25.9 Å². The van der Waals surface area contributed by atoms with E-state index >= 15 is 0 Å². The first kappa shape index (κ1) is 13.8. The summed E-state index contributed by atoms with van der Waals surface area (Å²) in [6.07, 6.45) is 3.34. The summed E-state index contributed by atoms with van der Waals surface area (Å²) in [5.41, 5.74) is 1.72. The van der Waals surface area contributed by atoms with Crippen molar-refractivity contribution in [3.05, 3.63) is 36.7 Å². The highest BCUT2D eigenvalue weighted by Crippen LogP contribution is 2.17. The van der Waals surface area contributed by atoms with Gasteiger partial charge in [-0.2, -0.15) is 0 Å². The first-order valence-electron chi connectivity index (χ1n) is 6.65. The third-order valence-electron chi connectivity index (χ3n) is 2.99. The molecule has 0 spiro atoms. The number of amides is 2. The quantitative estimate of drug-likeness (QED) is 0.676. The lowest BCUT2D eigenvalue weighted by Crippen LogP contribution is -2.19. The third kappa shape index (κ3) is 3.11. The fourth-order valence-electron chi connectivity index (χ4n) is 2.09. The van der Waals surface area contributed by atoms with Crippen molar-refractivity contribution in [3.8, 4) is 0 Å². The first-order chi connectivity index (χ1) is 10.6. The minimum Gasteiger partial charge on any atom is -0.361 e. The van der Waals surface area contributed by atoms with E-state index in [4.69, 9.17) is 0 Å². The molecular weight excluding hydrogens is 284 g/mol. The van der Waals surface area contributed by atoms with E-state index in [1.54, 1.807) is 0 Å². The van der Waals surface area contributed by atoms with Crippen molar-refractivity contribution in [3.63, 3.8) is 0 Å². The highest BCUT2D eigenvalue weighted by atomic mass is 16.2. The van der Waals surface area contributed by atoms with E-state index < -0.39 is 0 Å². The molecule has 2 aromatic heterocycles. The van der Waals surface area contributed by atoms with E-state index in [0.717, 1.165) is 10.9 Å². The normalized spacial score (nSPS) is 10.6. The standard InChI is InChI=1S/C14H14N6O2/c1-9(21)16-13-7-20(19-18-13)8-14(22)17-11-2-3-12-10(6-11)4-5-15-12/h2-7,15H,8H2,1H3,(H,16,21)(H,17,22). The predicted octanol–water partition coefficient (Wildman–Crippen LogP) is 1.36. The summed E-state index contributed by atoms with van der Waals surface area (Å²) in [5, 5.41) is 13.8. The van der Waals surface area contributed by atoms with Gasteiger partial charge >= 0.3 is 0 Å². The molecule has 2 heterocycles. The summed E-state index contributed by atoms with van der Waals surface area (Å²) in [7, 11) is 0. The lowest BCUT2D eigenvalue weighted by Gasteiger charge is -2.05. The molecule has 0 bridgehead atoms. The Hall–Kier alpha value is -3.16. The van der Waals surface area contributed by atoms with Crippen LogP contribution in [-0.2, 0) is 16.1 Å². The number of hydrogen-bond donors (Lipinski definition) is 3. The summed E-state index contributed by atoms with van der Waals surface area (Å²) >= 11 is 0. The Kier molecular flexibility index (Phi) is 3.57. The fraction of sp³-hybridized carbons (Fsp3) is 0.143. The summed E-state index contributed by atoms with van der Waals surface area (Å²) in [6.45, 7) is 1.39. The van der Waals surface area contributed by atoms with Crippen LogP contribution in [0.15, 0.2) is 36.7 Å². The van der Waals surface area contributed by atoms with Crippen LogP contribution in [0.3, 0.4) is 0 Å². The van der Waals surface area contributed by atoms with Gasteiger partial charge in [0.05, 0.1) is 6.20 Å². The van der Waals surface area contributed by atoms with Crippen LogP contribution >= 0.6 is 0 Å². The first-order valence-corrected chi connectivity index (χ1v) is 6.65. The molecule has 0 aliphatic carbocycles. The molecule has 3 rings (SSSR count). The van der Waals surface area contributed by atoms with Gasteiger partial charge in [0.15, 0.2) is 5.82 Å². The molecule has 0 saturated carbocycles. The van der Waals surface area contributed by atoms with Crippen LogP contribution in [0, 0.1) is 0 Å². The Labute approximate surface area is 125 Å². The topological polar surface area (TPSA) is 105 Å². The SMILES string of the molecule is CC(=O)Nc1cn(CC(=O)Nc2ccc3[nH]ccc3c2)nn1. The molecule has 0 saturated heterocycles. The van der Waals surface area contributed by atoms with E-state index in [1.165, 1.54) is 17.8 Å². The van der Waals surface area contributed by atoms with Gasteiger partial charge in [-0.25, -0.2) is 4.68 Å². The number of fused-ring (bicyclic) bond motifs is 1. The van der Waals surface area contributed by atoms with Gasteiger partial charge < -0.3 is 15.6 Å². The van der Waals surface area contributed by atoms with Crippen LogP contribution in [-0.4, -0.2) is 31.8 Å². The van der Waals surface area contributed by atoms with Crippen LogP contribution in [0.25, 0.3) is 10.9 Å². The highest BCUT2D eigenvalue weighted by molar-refractivity contribution is 5.93. The second-order valence-electron chi connectivity index (χ2n) is 4.81. The number of rotatable bonds is 4. The van der Waals surface area contributed by atoms with Crippen molar-refractivity contribution >= 4 is 34.2 Å². The van der Waals surface area contributed by atoms with Crippen LogP contribution < -0.4 is 10.6 Å². The van der Waals surface area contributed by atoms with Crippen LogP contribution in [0.4, 0.5) is 11.5 Å². The van der Waals surface area contributed by atoms with Crippen molar-refractivity contribution in [1.29, 1.82) is 0 Å². The second-order valence-corrected chi connectivity index (χ2v) is 4.81. The molecule has 0 radical (unpaired) electrons. The molecule has 0 atom stereocenters. The Morgan fingerprint density at radius 2 is 2.14 bits per heavy atom. The summed E-state index contributed by atoms with van der Waals surface area (Å²) in [4.78, 5) is 26.0. The Morgan fingerprint density at radius 3 is 2.95 bits per heavy atom. The number of benzene rings is 1. The molecule has 0 aliphatic heterocycles. The number of carbonyl (C=O) groups is 2. The van der Waals surface area contributed by atoms with Crippen molar-refractivity contribution in [2.45, 2.75) is 13.5 Å². The average Bonchev–Trinajstić information content (AvgIpc) is 3.06. The number of aromatic amines is 1. The van der Waals surface area contributed by atoms with E-state index in [1.807, 2.05) is 30.5 Å². The van der Waals surface area contributed by atoms with Crippen molar-refractivity contribution in [1.82, 2.24) is 20.0 Å². The molecule has 3 aromatic rings. The van der Waals surface area contributed by atoms with Gasteiger partial charge in [-0.15, -0.1) is 5.10 Å². The van der Waals surface area contributed by atoms with Crippen molar-refractivity contribution in [2.75, 3.05) is 10.6 Å². The largest absolute Gasteiger partial charge is 0.361 e. The number of hydrogen-bond acceptors (Lipinski definition) is 4. The van der Waals surface area contributed by atoms with Crippen LogP contribution in [0.2, 0.25) is 0 Å². The maximum absolute atomic E-state index is 12.0. The Balaban J connectivity index is 1.64. The van der Waals surface area contributed by atoms with Gasteiger partial charge in [0.1, 0.15) is 6.54 Å². The Bertz CT molecular complexity index is 835. The molecule has 112 valence electrons. The van der Waals surface area contributed by atoms with Crippen molar-refractivity contribution < 1.29 is 9.59 Å². The molecule has 22 heavy (non-hydrogen) atoms. The zero-order valence-electron chi connectivity index (χ0n) is 11.8. The number of aromatic nitrogens is 4. The second kappa shape index (κ2) is 5.68. The van der Waals surface area contributed by atoms with Crippen LogP contribution in [0.1, 0.15) is 6.92 Å². The molecule has 3 N–H and O–H groups in total. The monoisotopic (exact) mass is 298 g/mol. The van der Waals surface area contributed by atoms with Crippen LogP contribution in [0.5, 0.6) is 0 Å². The predicted molar refractivity (Wildman–Crippen MR) is 81.3 cm³/mol. The average molecular weight is 298 g/mol. The third-order valence-corrected chi connectivity index (χ3v) is 2.99. The number of nitrogens with zero attached hydrogens (tertiary/aromatic N) is 3. The molecule has 2 amide bonds. The van der Waals surface area contributed by atoms with Gasteiger partial charge in [0.2, 0.25) is 11.8 Å². The van der Waals surface area contributed by atoms with Gasteiger partial charge in [0, 0.05) is 29.7 Å². The van der Waals surface area contributed by atoms with Crippen molar-refractivity contribution in [2.24, 2.45) is 0 Å². The summed E-state index contributed by atoms with van der Waals surface area (Å²) in [6, 6.07) is 7.53. The molecule has 0 aliphatic rings. The number of anilines is 2. The zero-order valence-corrected chi connectivity index (χ0v) is 11.8. The zero-order chi connectivity index (χ0) is 15.5. The fourth-order valence-corrected chi connectivity index (χ4v) is 2.09. The number of nitrogens with one attached hydrogen (secondary N) is 3. The molecule has 0 fully saturated rings. The van der Waals surface area contributed by atoms with Gasteiger partial charge in [-0.3, -0.25) is 9.59 Å². The summed E-state index contributed by atoms with van der Waals surface area (Å²) in [5.74, 6) is -0.153. The van der Waals surface area contributed by atoms with Gasteiger partial charge in [-0.1, -0.05) is 5.21 Å². The minimum atomic E-state index is -0.240. The Morgan fingerprint density at radius 1 is 1.27 bits per heavy atom. The van der Waals surface area contributed by atoms with E-state index in [0.29, 0.717) is 11.5 Å². The maximum atomic E-state index is 12.0. The number of carbonyl (C=O) groups excluding carboxylic acids is 2. The number of H-pyrrole nitrogens is 1. The smallest absolute Gasteiger partial charge is 0.246 e. The lowest BCUT2D eigenvalue weighted by atomic mass is 10.2. The van der Waals surface area contributed by atoms with Gasteiger partial charge in [-0.05, 0) is 24.3 Å². The lowest BCUT2D eigenvalue weighted by molar-refractivity contribution is -0.117. The molecular formula is C14H14N6O2. The minimum absolute atomic E-state index is 0.0117. The highest BCUT2D eigenvalue weighted by Gasteiger charge is 2.08. The van der Waals surface area contributed by atoms with Gasteiger partial charge in [0.25, 0.3) is 0 Å². The molecule has 8 heteroatoms. The van der Waals surface area contributed by atoms with E-state index in [9.17, 15) is 9.59 Å². The molecule has 8 nitrogen and oxygen atoms in total. The molecule has 0 unspecified atom stereocenters.